The molecule has 0 aliphatic carbocycles. The van der Waals surface area contributed by atoms with Crippen LogP contribution in [-0.4, -0.2) is 31.5 Å². The summed E-state index contributed by atoms with van der Waals surface area (Å²) in [5, 5.41) is 7.27. The number of likely N-dealkylation sites (tertiary alicyclic amines) is 1. The van der Waals surface area contributed by atoms with Gasteiger partial charge in [0.2, 0.25) is 6.79 Å². The highest BCUT2D eigenvalue weighted by molar-refractivity contribution is 7.80. The van der Waals surface area contributed by atoms with Crippen molar-refractivity contribution in [3.63, 3.8) is 0 Å². The lowest BCUT2D eigenvalue weighted by Gasteiger charge is -2.23. The molecule has 4 rings (SSSR count). The minimum Gasteiger partial charge on any atom is -0.463 e. The first-order chi connectivity index (χ1) is 12.8. The van der Waals surface area contributed by atoms with Crippen molar-refractivity contribution in [3.8, 4) is 11.5 Å². The summed E-state index contributed by atoms with van der Waals surface area (Å²) in [4.78, 5) is 1.56. The van der Waals surface area contributed by atoms with Crippen LogP contribution in [0, 0.1) is 0 Å². The first-order valence-electron chi connectivity index (χ1n) is 9.08. The van der Waals surface area contributed by atoms with E-state index in [1.54, 1.807) is 11.2 Å². The van der Waals surface area contributed by atoms with Crippen LogP contribution in [-0.2, 0) is 6.54 Å². The summed E-state index contributed by atoms with van der Waals surface area (Å²) in [6.45, 7) is 4.06. The number of quaternary nitrogens is 1. The molecule has 2 aliphatic heterocycles. The van der Waals surface area contributed by atoms with E-state index in [2.05, 4.69) is 16.7 Å². The summed E-state index contributed by atoms with van der Waals surface area (Å²) < 4.78 is 16.4. The quantitative estimate of drug-likeness (QED) is 0.665. The van der Waals surface area contributed by atoms with E-state index in [0.717, 1.165) is 29.4 Å². The largest absolute Gasteiger partial charge is 0.463 e. The van der Waals surface area contributed by atoms with Crippen LogP contribution in [0.15, 0.2) is 41.0 Å². The van der Waals surface area contributed by atoms with Crippen LogP contribution in [0.1, 0.15) is 30.2 Å². The summed E-state index contributed by atoms with van der Waals surface area (Å²) in [6.07, 6.45) is 4.30. The van der Waals surface area contributed by atoms with Gasteiger partial charge >= 0.3 is 0 Å². The first kappa shape index (κ1) is 17.2. The Bertz CT molecular complexity index is 744. The molecule has 3 N–H and O–H groups in total. The monoisotopic (exact) mass is 374 g/mol. The zero-order valence-corrected chi connectivity index (χ0v) is 15.4. The van der Waals surface area contributed by atoms with E-state index >= 15 is 0 Å². The molecule has 0 saturated carbocycles. The molecule has 0 bridgehead atoms. The van der Waals surface area contributed by atoms with Crippen LogP contribution in [0.25, 0.3) is 0 Å². The molecule has 26 heavy (non-hydrogen) atoms. The summed E-state index contributed by atoms with van der Waals surface area (Å²) in [7, 11) is 0. The fourth-order valence-electron chi connectivity index (χ4n) is 3.60. The minimum atomic E-state index is 0.290. The summed E-state index contributed by atoms with van der Waals surface area (Å²) in [6, 6.07) is 10.2. The van der Waals surface area contributed by atoms with Crippen LogP contribution in [0.4, 0.5) is 0 Å². The average Bonchev–Trinajstić information content (AvgIpc) is 3.41. The van der Waals surface area contributed by atoms with E-state index < -0.39 is 0 Å². The van der Waals surface area contributed by atoms with E-state index in [-0.39, 0.29) is 6.04 Å². The third-order valence-corrected chi connectivity index (χ3v) is 5.27. The molecule has 3 heterocycles. The molecule has 7 heteroatoms. The zero-order chi connectivity index (χ0) is 17.8. The van der Waals surface area contributed by atoms with Crippen LogP contribution in [0.5, 0.6) is 11.5 Å². The topological polar surface area (TPSA) is 60.1 Å². The van der Waals surface area contributed by atoms with Crippen molar-refractivity contribution < 1.29 is 18.8 Å². The number of thiocarbonyl (C=S) groups is 1. The van der Waals surface area contributed by atoms with Crippen molar-refractivity contribution in [2.75, 3.05) is 26.4 Å². The van der Waals surface area contributed by atoms with Crippen molar-refractivity contribution in [3.05, 3.63) is 47.9 Å². The van der Waals surface area contributed by atoms with Gasteiger partial charge in [0.05, 0.1) is 25.9 Å². The molecule has 0 radical (unpaired) electrons. The SMILES string of the molecule is S=C(NCc1ccc2c(c1)OCO2)NC[C@H](c1ccco1)[NH+]1CCCC1. The maximum absolute atomic E-state index is 5.66. The fourth-order valence-corrected chi connectivity index (χ4v) is 3.76. The molecule has 138 valence electrons. The Morgan fingerprint density at radius 1 is 1.12 bits per heavy atom. The summed E-state index contributed by atoms with van der Waals surface area (Å²) >= 11 is 5.46. The molecular formula is C19H24N3O3S+. The lowest BCUT2D eigenvalue weighted by atomic mass is 10.2. The van der Waals surface area contributed by atoms with Gasteiger partial charge in [-0.3, -0.25) is 0 Å². The number of nitrogens with one attached hydrogen (secondary N) is 3. The van der Waals surface area contributed by atoms with Crippen LogP contribution >= 0.6 is 12.2 Å². The Morgan fingerprint density at radius 3 is 2.77 bits per heavy atom. The van der Waals surface area contributed by atoms with Gasteiger partial charge in [-0.05, 0) is 42.0 Å². The van der Waals surface area contributed by atoms with Crippen molar-refractivity contribution in [2.24, 2.45) is 0 Å². The third kappa shape index (κ3) is 3.94. The van der Waals surface area contributed by atoms with Gasteiger partial charge in [-0.25, -0.2) is 0 Å². The molecule has 0 spiro atoms. The number of fused-ring (bicyclic) bond motifs is 1. The molecule has 1 fully saturated rings. The van der Waals surface area contributed by atoms with Gasteiger partial charge in [0.1, 0.15) is 0 Å². The van der Waals surface area contributed by atoms with Crippen molar-refractivity contribution in [1.82, 2.24) is 10.6 Å². The van der Waals surface area contributed by atoms with E-state index in [0.29, 0.717) is 18.5 Å². The predicted molar refractivity (Wildman–Crippen MR) is 101 cm³/mol. The molecule has 2 aromatic rings. The van der Waals surface area contributed by atoms with Gasteiger partial charge in [-0.2, -0.15) is 0 Å². The normalized spacial score (nSPS) is 17.2. The van der Waals surface area contributed by atoms with Gasteiger partial charge in [-0.1, -0.05) is 6.07 Å². The Morgan fingerprint density at radius 2 is 1.96 bits per heavy atom. The number of rotatable bonds is 6. The second-order valence-corrected chi connectivity index (χ2v) is 7.09. The number of hydrogen-bond acceptors (Lipinski definition) is 4. The number of benzene rings is 1. The third-order valence-electron chi connectivity index (χ3n) is 4.98. The number of furan rings is 1. The highest BCUT2D eigenvalue weighted by atomic mass is 32.1. The Labute approximate surface area is 158 Å². The first-order valence-corrected chi connectivity index (χ1v) is 9.48. The lowest BCUT2D eigenvalue weighted by molar-refractivity contribution is -0.919. The second-order valence-electron chi connectivity index (χ2n) is 6.68. The van der Waals surface area contributed by atoms with Crippen LogP contribution in [0.3, 0.4) is 0 Å². The van der Waals surface area contributed by atoms with Gasteiger partial charge in [0.25, 0.3) is 0 Å². The molecular weight excluding hydrogens is 350 g/mol. The van der Waals surface area contributed by atoms with Crippen molar-refractivity contribution in [2.45, 2.75) is 25.4 Å². The van der Waals surface area contributed by atoms with Gasteiger partial charge in [0, 0.05) is 19.4 Å². The highest BCUT2D eigenvalue weighted by Crippen LogP contribution is 2.32. The fraction of sp³-hybridized carbons (Fsp3) is 0.421. The van der Waals surface area contributed by atoms with E-state index in [9.17, 15) is 0 Å². The number of ether oxygens (including phenoxy) is 2. The standard InChI is InChI=1S/C19H23N3O3S/c26-19(20-11-14-5-6-17-18(10-14)25-13-24-17)21-12-15(16-4-3-9-23-16)22-7-1-2-8-22/h3-6,9-10,15H,1-2,7-8,11-13H2,(H2,20,21,26)/p+1/t15-/m1/s1. The van der Waals surface area contributed by atoms with E-state index in [1.165, 1.54) is 25.9 Å². The molecule has 1 saturated heterocycles. The molecule has 1 atom stereocenters. The molecule has 1 aromatic carbocycles. The van der Waals surface area contributed by atoms with E-state index in [1.807, 2.05) is 24.3 Å². The molecule has 0 unspecified atom stereocenters. The minimum absolute atomic E-state index is 0.290. The summed E-state index contributed by atoms with van der Waals surface area (Å²) in [5.41, 5.74) is 1.10. The Balaban J connectivity index is 1.29. The predicted octanol–water partition coefficient (Wildman–Crippen LogP) is 1.39. The average molecular weight is 374 g/mol. The number of hydrogen-bond donors (Lipinski definition) is 3. The maximum Gasteiger partial charge on any atom is 0.231 e. The molecule has 0 amide bonds. The highest BCUT2D eigenvalue weighted by Gasteiger charge is 2.29. The second kappa shape index (κ2) is 7.97. The molecule has 1 aromatic heterocycles. The van der Waals surface area contributed by atoms with Gasteiger partial charge in [-0.15, -0.1) is 0 Å². The molecule has 6 nitrogen and oxygen atoms in total. The Hall–Kier alpha value is -2.25. The van der Waals surface area contributed by atoms with Crippen LogP contribution < -0.4 is 25.0 Å². The zero-order valence-electron chi connectivity index (χ0n) is 14.6. The maximum atomic E-state index is 5.66. The van der Waals surface area contributed by atoms with E-state index in [4.69, 9.17) is 26.1 Å². The van der Waals surface area contributed by atoms with Crippen molar-refractivity contribution in [1.29, 1.82) is 0 Å². The molecule has 2 aliphatic rings. The van der Waals surface area contributed by atoms with Gasteiger partial charge in [0.15, 0.2) is 28.4 Å². The van der Waals surface area contributed by atoms with Gasteiger partial charge < -0.3 is 29.4 Å². The van der Waals surface area contributed by atoms with Crippen LogP contribution in [0.2, 0.25) is 0 Å². The lowest BCUT2D eigenvalue weighted by Crippen LogP contribution is -3.11. The smallest absolute Gasteiger partial charge is 0.231 e. The van der Waals surface area contributed by atoms with Crippen molar-refractivity contribution >= 4 is 17.3 Å². The summed E-state index contributed by atoms with van der Waals surface area (Å²) in [5.74, 6) is 2.61. The Kier molecular flexibility index (Phi) is 5.26.